The van der Waals surface area contributed by atoms with Gasteiger partial charge < -0.3 is 10.6 Å². The number of nitrogens with zero attached hydrogens (tertiary/aromatic N) is 1. The zero-order valence-corrected chi connectivity index (χ0v) is 11.6. The molecule has 1 unspecified atom stereocenters. The minimum Gasteiger partial charge on any atom is -0.399 e. The Hall–Kier alpha value is -1.96. The molecule has 0 saturated carbocycles. The highest BCUT2D eigenvalue weighted by molar-refractivity contribution is 5.48. The molecular formula is C17H20N2. The highest BCUT2D eigenvalue weighted by atomic mass is 15.1. The van der Waals surface area contributed by atoms with Crippen LogP contribution in [0.2, 0.25) is 0 Å². The van der Waals surface area contributed by atoms with Crippen LogP contribution in [0.3, 0.4) is 0 Å². The third-order valence-corrected chi connectivity index (χ3v) is 3.98. The maximum Gasteiger partial charge on any atom is 0.0473 e. The van der Waals surface area contributed by atoms with E-state index in [0.717, 1.165) is 24.2 Å². The van der Waals surface area contributed by atoms with E-state index in [4.69, 9.17) is 5.73 Å². The molecule has 0 fully saturated rings. The number of rotatable bonds is 2. The standard InChI is InChI=1S/C17H20N2/c1-12-3-6-17-15(9-12)7-8-19(17)11-14-4-5-16(18)13(2)10-14/h3-8,10,15H,9,11,18H2,1-2H3. The predicted octanol–water partition coefficient (Wildman–Crippen LogP) is 3.76. The summed E-state index contributed by atoms with van der Waals surface area (Å²) in [5, 5.41) is 0. The van der Waals surface area contributed by atoms with Crippen LogP contribution in [-0.4, -0.2) is 4.90 Å². The molecular weight excluding hydrogens is 232 g/mol. The van der Waals surface area contributed by atoms with Crippen molar-refractivity contribution in [3.8, 4) is 0 Å². The molecule has 0 aromatic heterocycles. The number of nitrogen functional groups attached to an aromatic ring is 1. The molecule has 2 N–H and O–H groups in total. The summed E-state index contributed by atoms with van der Waals surface area (Å²) in [4.78, 5) is 2.35. The molecule has 1 aromatic rings. The highest BCUT2D eigenvalue weighted by Crippen LogP contribution is 2.34. The van der Waals surface area contributed by atoms with E-state index in [0.29, 0.717) is 5.92 Å². The van der Waals surface area contributed by atoms with Gasteiger partial charge in [0.25, 0.3) is 0 Å². The second-order valence-electron chi connectivity index (χ2n) is 5.58. The maximum atomic E-state index is 5.87. The maximum absolute atomic E-state index is 5.87. The summed E-state index contributed by atoms with van der Waals surface area (Å²) in [5.41, 5.74) is 12.1. The van der Waals surface area contributed by atoms with Gasteiger partial charge in [-0.2, -0.15) is 0 Å². The summed E-state index contributed by atoms with van der Waals surface area (Å²) in [6.45, 7) is 5.19. The van der Waals surface area contributed by atoms with Crippen LogP contribution >= 0.6 is 0 Å². The Balaban J connectivity index is 1.81. The van der Waals surface area contributed by atoms with Crippen LogP contribution in [0, 0.1) is 12.8 Å². The lowest BCUT2D eigenvalue weighted by molar-refractivity contribution is 0.440. The van der Waals surface area contributed by atoms with Crippen molar-refractivity contribution in [3.63, 3.8) is 0 Å². The Labute approximate surface area is 114 Å². The number of fused-ring (bicyclic) bond motifs is 1. The minimum atomic E-state index is 0.569. The molecule has 1 aliphatic carbocycles. The Bertz CT molecular complexity index is 593. The summed E-state index contributed by atoms with van der Waals surface area (Å²) < 4.78 is 0. The second kappa shape index (κ2) is 4.61. The van der Waals surface area contributed by atoms with E-state index in [1.165, 1.54) is 16.8 Å². The van der Waals surface area contributed by atoms with Gasteiger partial charge in [0.2, 0.25) is 0 Å². The molecule has 0 bridgehead atoms. The van der Waals surface area contributed by atoms with Gasteiger partial charge in [0, 0.05) is 30.0 Å². The minimum absolute atomic E-state index is 0.569. The number of anilines is 1. The third-order valence-electron chi connectivity index (χ3n) is 3.98. The molecule has 2 heteroatoms. The fourth-order valence-electron chi connectivity index (χ4n) is 2.82. The van der Waals surface area contributed by atoms with Crippen molar-refractivity contribution >= 4 is 5.69 Å². The lowest BCUT2D eigenvalue weighted by atomic mass is 9.93. The van der Waals surface area contributed by atoms with Gasteiger partial charge in [-0.25, -0.2) is 0 Å². The van der Waals surface area contributed by atoms with E-state index in [-0.39, 0.29) is 0 Å². The average Bonchev–Trinajstić information content (AvgIpc) is 2.76. The zero-order valence-electron chi connectivity index (χ0n) is 11.6. The Morgan fingerprint density at radius 3 is 2.89 bits per heavy atom. The molecule has 2 aliphatic rings. The van der Waals surface area contributed by atoms with Crippen molar-refractivity contribution in [1.82, 2.24) is 4.90 Å². The molecule has 0 spiro atoms. The lowest BCUT2D eigenvalue weighted by Crippen LogP contribution is -2.17. The van der Waals surface area contributed by atoms with Crippen LogP contribution in [0.25, 0.3) is 0 Å². The summed E-state index contributed by atoms with van der Waals surface area (Å²) in [6.07, 6.45) is 10.2. The smallest absolute Gasteiger partial charge is 0.0473 e. The van der Waals surface area contributed by atoms with Crippen LogP contribution in [0.5, 0.6) is 0 Å². The summed E-state index contributed by atoms with van der Waals surface area (Å²) in [5.74, 6) is 0.569. The third kappa shape index (κ3) is 2.30. The molecule has 1 aromatic carbocycles. The lowest BCUT2D eigenvalue weighted by Gasteiger charge is -2.25. The van der Waals surface area contributed by atoms with E-state index in [1.54, 1.807) is 0 Å². The molecule has 0 saturated heterocycles. The van der Waals surface area contributed by atoms with Crippen molar-refractivity contribution in [3.05, 3.63) is 65.0 Å². The van der Waals surface area contributed by atoms with Crippen LogP contribution in [0.15, 0.2) is 53.9 Å². The van der Waals surface area contributed by atoms with Crippen molar-refractivity contribution in [1.29, 1.82) is 0 Å². The quantitative estimate of drug-likeness (QED) is 0.812. The van der Waals surface area contributed by atoms with E-state index < -0.39 is 0 Å². The molecule has 1 atom stereocenters. The van der Waals surface area contributed by atoms with E-state index in [2.05, 4.69) is 55.3 Å². The molecule has 98 valence electrons. The SMILES string of the molecule is CC1=CC=C2C(C=CN2Cc2ccc(N)c(C)c2)C1. The first-order valence-electron chi connectivity index (χ1n) is 6.81. The fraction of sp³-hybridized carbons (Fsp3) is 0.294. The van der Waals surface area contributed by atoms with Gasteiger partial charge in [0.1, 0.15) is 0 Å². The highest BCUT2D eigenvalue weighted by Gasteiger charge is 2.24. The number of nitrogens with two attached hydrogens (primary N) is 1. The normalized spacial score (nSPS) is 21.2. The number of hydrogen-bond donors (Lipinski definition) is 1. The van der Waals surface area contributed by atoms with Gasteiger partial charge >= 0.3 is 0 Å². The molecule has 1 heterocycles. The number of aryl methyl sites for hydroxylation is 1. The van der Waals surface area contributed by atoms with E-state index in [1.807, 2.05) is 6.07 Å². The van der Waals surface area contributed by atoms with Gasteiger partial charge in [-0.05, 0) is 43.5 Å². The van der Waals surface area contributed by atoms with E-state index in [9.17, 15) is 0 Å². The van der Waals surface area contributed by atoms with Gasteiger partial charge in [0.05, 0.1) is 0 Å². The predicted molar refractivity (Wildman–Crippen MR) is 80.2 cm³/mol. The Morgan fingerprint density at radius 1 is 1.26 bits per heavy atom. The molecule has 19 heavy (non-hydrogen) atoms. The van der Waals surface area contributed by atoms with Gasteiger partial charge in [-0.15, -0.1) is 0 Å². The van der Waals surface area contributed by atoms with Crippen LogP contribution in [-0.2, 0) is 6.54 Å². The van der Waals surface area contributed by atoms with Crippen molar-refractivity contribution in [2.75, 3.05) is 5.73 Å². The van der Waals surface area contributed by atoms with Gasteiger partial charge in [0.15, 0.2) is 0 Å². The van der Waals surface area contributed by atoms with E-state index >= 15 is 0 Å². The van der Waals surface area contributed by atoms with Crippen LogP contribution in [0.4, 0.5) is 5.69 Å². The molecule has 2 nitrogen and oxygen atoms in total. The average molecular weight is 252 g/mol. The second-order valence-corrected chi connectivity index (χ2v) is 5.58. The number of hydrogen-bond acceptors (Lipinski definition) is 2. The van der Waals surface area contributed by atoms with Gasteiger partial charge in [-0.3, -0.25) is 0 Å². The first kappa shape index (κ1) is 12.1. The first-order chi connectivity index (χ1) is 9.13. The van der Waals surface area contributed by atoms with Crippen molar-refractivity contribution in [2.45, 2.75) is 26.8 Å². The number of allylic oxidation sites excluding steroid dienone is 4. The zero-order chi connectivity index (χ0) is 13.4. The molecule has 0 amide bonds. The summed E-state index contributed by atoms with van der Waals surface area (Å²) >= 11 is 0. The van der Waals surface area contributed by atoms with Crippen LogP contribution < -0.4 is 5.73 Å². The Morgan fingerprint density at radius 2 is 2.11 bits per heavy atom. The molecule has 3 rings (SSSR count). The summed E-state index contributed by atoms with van der Waals surface area (Å²) in [7, 11) is 0. The number of benzene rings is 1. The topological polar surface area (TPSA) is 29.3 Å². The largest absolute Gasteiger partial charge is 0.399 e. The van der Waals surface area contributed by atoms with Crippen molar-refractivity contribution < 1.29 is 0 Å². The van der Waals surface area contributed by atoms with Gasteiger partial charge in [-0.1, -0.05) is 29.9 Å². The summed E-state index contributed by atoms with van der Waals surface area (Å²) in [6, 6.07) is 6.30. The van der Waals surface area contributed by atoms with Crippen LogP contribution in [0.1, 0.15) is 24.5 Å². The molecule has 1 aliphatic heterocycles. The fourth-order valence-corrected chi connectivity index (χ4v) is 2.82. The first-order valence-corrected chi connectivity index (χ1v) is 6.81. The van der Waals surface area contributed by atoms with Crippen molar-refractivity contribution in [2.24, 2.45) is 5.92 Å². The Kier molecular flexibility index (Phi) is 2.94. The molecule has 0 radical (unpaired) electrons. The monoisotopic (exact) mass is 252 g/mol.